The number of hydrogen-bond donors (Lipinski definition) is 1. The molecule has 1 atom stereocenters. The molecule has 1 aliphatic heterocycles. The maximum Gasteiger partial charge on any atom is 0.300 e. The summed E-state index contributed by atoms with van der Waals surface area (Å²) in [7, 11) is 0. The Labute approximate surface area is 201 Å². The first-order valence-electron chi connectivity index (χ1n) is 11.2. The van der Waals surface area contributed by atoms with E-state index in [0.29, 0.717) is 23.5 Å². The third-order valence-electron chi connectivity index (χ3n) is 5.83. The van der Waals surface area contributed by atoms with Crippen molar-refractivity contribution in [2.24, 2.45) is 0 Å². The zero-order valence-electron chi connectivity index (χ0n) is 19.5. The fourth-order valence-corrected chi connectivity index (χ4v) is 4.18. The molecular formula is C27H24F2N2O4. The maximum atomic E-state index is 14.0. The summed E-state index contributed by atoms with van der Waals surface area (Å²) < 4.78 is 33.3. The molecule has 1 aliphatic rings. The lowest BCUT2D eigenvalue weighted by atomic mass is 9.93. The van der Waals surface area contributed by atoms with Crippen LogP contribution in [0.25, 0.3) is 5.76 Å². The van der Waals surface area contributed by atoms with Crippen molar-refractivity contribution in [3.05, 3.63) is 94.8 Å². The van der Waals surface area contributed by atoms with Crippen molar-refractivity contribution in [3.8, 4) is 5.75 Å². The van der Waals surface area contributed by atoms with Crippen molar-refractivity contribution in [3.63, 3.8) is 0 Å². The van der Waals surface area contributed by atoms with E-state index in [0.717, 1.165) is 22.6 Å². The molecule has 1 amide bonds. The number of halogens is 2. The van der Waals surface area contributed by atoms with E-state index < -0.39 is 29.4 Å². The van der Waals surface area contributed by atoms with Gasteiger partial charge in [0.2, 0.25) is 0 Å². The lowest BCUT2D eigenvalue weighted by Crippen LogP contribution is -2.29. The summed E-state index contributed by atoms with van der Waals surface area (Å²) in [6.07, 6.45) is 2.98. The number of pyridine rings is 1. The minimum atomic E-state index is -1.16. The molecule has 0 spiro atoms. The molecule has 8 heteroatoms. The zero-order chi connectivity index (χ0) is 25.3. The number of benzene rings is 2. The van der Waals surface area contributed by atoms with Gasteiger partial charge in [0.25, 0.3) is 11.7 Å². The molecule has 6 nitrogen and oxygen atoms in total. The number of aliphatic hydroxyl groups excluding tert-OH is 1. The second-order valence-electron chi connectivity index (χ2n) is 8.39. The summed E-state index contributed by atoms with van der Waals surface area (Å²) in [5.41, 5.74) is 1.38. The van der Waals surface area contributed by atoms with Gasteiger partial charge in [-0.1, -0.05) is 19.9 Å². The number of Topliss-reactive ketones (excluding diaryl/α,β-unsaturated/α-hetero) is 1. The molecular weight excluding hydrogens is 454 g/mol. The van der Waals surface area contributed by atoms with Crippen LogP contribution < -0.4 is 9.64 Å². The van der Waals surface area contributed by atoms with Crippen molar-refractivity contribution in [1.29, 1.82) is 0 Å². The molecule has 1 unspecified atom stereocenters. The summed E-state index contributed by atoms with van der Waals surface area (Å²) in [6, 6.07) is 10.1. The van der Waals surface area contributed by atoms with E-state index in [9.17, 15) is 23.5 Å². The van der Waals surface area contributed by atoms with Gasteiger partial charge in [0.05, 0.1) is 18.2 Å². The first-order valence-corrected chi connectivity index (χ1v) is 11.2. The fraction of sp³-hybridized carbons (Fsp3) is 0.222. The van der Waals surface area contributed by atoms with Gasteiger partial charge in [-0.25, -0.2) is 8.78 Å². The number of aliphatic hydroxyl groups is 1. The van der Waals surface area contributed by atoms with E-state index in [1.54, 1.807) is 30.3 Å². The molecule has 0 bridgehead atoms. The first-order chi connectivity index (χ1) is 16.7. The highest BCUT2D eigenvalue weighted by Gasteiger charge is 2.47. The normalized spacial score (nSPS) is 17.3. The number of hydrogen-bond acceptors (Lipinski definition) is 5. The molecule has 0 aliphatic carbocycles. The Morgan fingerprint density at radius 1 is 1.11 bits per heavy atom. The average molecular weight is 478 g/mol. The molecule has 4 rings (SSSR count). The van der Waals surface area contributed by atoms with Crippen LogP contribution in [0.2, 0.25) is 0 Å². The molecule has 0 saturated carbocycles. The van der Waals surface area contributed by atoms with Gasteiger partial charge < -0.3 is 9.84 Å². The highest BCUT2D eigenvalue weighted by Crippen LogP contribution is 2.42. The molecule has 1 N–H and O–H groups in total. The minimum Gasteiger partial charge on any atom is -0.507 e. The second kappa shape index (κ2) is 9.66. The summed E-state index contributed by atoms with van der Waals surface area (Å²) in [5, 5.41) is 11.3. The maximum absolute atomic E-state index is 14.0. The van der Waals surface area contributed by atoms with Gasteiger partial charge in [-0.3, -0.25) is 19.5 Å². The molecule has 2 heterocycles. The number of rotatable bonds is 6. The van der Waals surface area contributed by atoms with E-state index in [2.05, 4.69) is 4.98 Å². The Bertz CT molecular complexity index is 1320. The van der Waals surface area contributed by atoms with Crippen LogP contribution >= 0.6 is 0 Å². The van der Waals surface area contributed by atoms with Crippen LogP contribution in [-0.4, -0.2) is 28.4 Å². The Morgan fingerprint density at radius 3 is 2.51 bits per heavy atom. The van der Waals surface area contributed by atoms with Crippen molar-refractivity contribution in [2.45, 2.75) is 32.7 Å². The summed E-state index contributed by atoms with van der Waals surface area (Å²) in [6.45, 7) is 6.27. The Hall–Kier alpha value is -4.07. The van der Waals surface area contributed by atoms with E-state index in [4.69, 9.17) is 4.74 Å². The van der Waals surface area contributed by atoms with Crippen LogP contribution in [0.3, 0.4) is 0 Å². The number of ketones is 1. The topological polar surface area (TPSA) is 79.7 Å². The van der Waals surface area contributed by atoms with Crippen LogP contribution in [-0.2, 0) is 9.59 Å². The Morgan fingerprint density at radius 2 is 1.89 bits per heavy atom. The largest absolute Gasteiger partial charge is 0.507 e. The standard InChI is InChI=1S/C27H24F2N2O4/c1-4-35-22-10-7-16(12-19(22)15(2)3)25(32)23-24(17-6-5-11-30-14-17)31(27(34)26(23)33)18-8-9-20(28)21(29)13-18/h5-15,24,32H,4H2,1-3H3/b25-23-. The zero-order valence-corrected chi connectivity index (χ0v) is 19.5. The highest BCUT2D eigenvalue weighted by molar-refractivity contribution is 6.51. The number of nitrogens with zero attached hydrogens (tertiary/aromatic N) is 2. The van der Waals surface area contributed by atoms with Gasteiger partial charge in [-0.2, -0.15) is 0 Å². The minimum absolute atomic E-state index is 0.0199. The third-order valence-corrected chi connectivity index (χ3v) is 5.83. The third kappa shape index (κ3) is 4.39. The molecule has 2 aromatic carbocycles. The summed E-state index contributed by atoms with van der Waals surface area (Å²) >= 11 is 0. The monoisotopic (exact) mass is 478 g/mol. The van der Waals surface area contributed by atoms with Gasteiger partial charge in [-0.15, -0.1) is 0 Å². The van der Waals surface area contributed by atoms with Crippen molar-refractivity contribution in [1.82, 2.24) is 4.98 Å². The van der Waals surface area contributed by atoms with Gasteiger partial charge in [-0.05, 0) is 60.4 Å². The quantitative estimate of drug-likeness (QED) is 0.287. The highest BCUT2D eigenvalue weighted by atomic mass is 19.2. The van der Waals surface area contributed by atoms with Gasteiger partial charge in [0, 0.05) is 29.7 Å². The predicted octanol–water partition coefficient (Wildman–Crippen LogP) is 5.51. The smallest absolute Gasteiger partial charge is 0.300 e. The lowest BCUT2D eigenvalue weighted by Gasteiger charge is -2.25. The van der Waals surface area contributed by atoms with Crippen molar-refractivity contribution >= 4 is 23.1 Å². The predicted molar refractivity (Wildman–Crippen MR) is 127 cm³/mol. The second-order valence-corrected chi connectivity index (χ2v) is 8.39. The van der Waals surface area contributed by atoms with Crippen LogP contribution in [0.4, 0.5) is 14.5 Å². The molecule has 0 radical (unpaired) electrons. The Kier molecular flexibility index (Phi) is 6.64. The SMILES string of the molecule is CCOc1ccc(/C(O)=C2/C(=O)C(=O)N(c3ccc(F)c(F)c3)C2c2cccnc2)cc1C(C)C. The summed E-state index contributed by atoms with van der Waals surface area (Å²) in [4.78, 5) is 31.4. The number of aromatic nitrogens is 1. The van der Waals surface area contributed by atoms with Crippen LogP contribution in [0, 0.1) is 11.6 Å². The molecule has 1 aromatic heterocycles. The van der Waals surface area contributed by atoms with E-state index in [1.165, 1.54) is 18.5 Å². The molecule has 3 aromatic rings. The first kappa shape index (κ1) is 24.1. The van der Waals surface area contributed by atoms with Gasteiger partial charge in [0.1, 0.15) is 11.5 Å². The number of carbonyl (C=O) groups is 2. The average Bonchev–Trinajstić information content (AvgIpc) is 3.11. The summed E-state index contributed by atoms with van der Waals surface area (Å²) in [5.74, 6) is -3.83. The van der Waals surface area contributed by atoms with Crippen LogP contribution in [0.5, 0.6) is 5.75 Å². The van der Waals surface area contributed by atoms with E-state index in [-0.39, 0.29) is 22.9 Å². The van der Waals surface area contributed by atoms with Gasteiger partial charge >= 0.3 is 0 Å². The van der Waals surface area contributed by atoms with Crippen LogP contribution in [0.1, 0.15) is 49.4 Å². The van der Waals surface area contributed by atoms with Crippen molar-refractivity contribution < 1.29 is 28.2 Å². The molecule has 1 saturated heterocycles. The number of ether oxygens (including phenoxy) is 1. The number of anilines is 1. The number of carbonyl (C=O) groups excluding carboxylic acids is 2. The lowest BCUT2D eigenvalue weighted by molar-refractivity contribution is -0.132. The molecule has 1 fully saturated rings. The van der Waals surface area contributed by atoms with E-state index in [1.807, 2.05) is 20.8 Å². The molecule has 35 heavy (non-hydrogen) atoms. The Balaban J connectivity index is 1.92. The van der Waals surface area contributed by atoms with Crippen LogP contribution in [0.15, 0.2) is 66.5 Å². The van der Waals surface area contributed by atoms with Crippen molar-refractivity contribution in [2.75, 3.05) is 11.5 Å². The van der Waals surface area contributed by atoms with E-state index >= 15 is 0 Å². The fourth-order valence-electron chi connectivity index (χ4n) is 4.18. The molecule has 180 valence electrons. The number of amides is 1. The van der Waals surface area contributed by atoms with Gasteiger partial charge in [0.15, 0.2) is 11.6 Å².